The van der Waals surface area contributed by atoms with Gasteiger partial charge in [-0.25, -0.2) is 8.42 Å². The van der Waals surface area contributed by atoms with Gasteiger partial charge < -0.3 is 0 Å². The third-order valence-corrected chi connectivity index (χ3v) is 7.63. The van der Waals surface area contributed by atoms with Crippen LogP contribution in [0.3, 0.4) is 0 Å². The van der Waals surface area contributed by atoms with Gasteiger partial charge >= 0.3 is 0 Å². The van der Waals surface area contributed by atoms with Crippen LogP contribution in [-0.4, -0.2) is 26.3 Å². The van der Waals surface area contributed by atoms with Crippen molar-refractivity contribution in [2.75, 3.05) is 13.6 Å². The first-order valence-electron chi connectivity index (χ1n) is 5.86. The Balaban J connectivity index is 2.09. The van der Waals surface area contributed by atoms with Gasteiger partial charge in [0, 0.05) is 13.6 Å². The minimum absolute atomic E-state index is 0.255. The molecular weight excluding hydrogens is 382 g/mol. The number of halogens is 2. The van der Waals surface area contributed by atoms with Crippen molar-refractivity contribution < 1.29 is 8.42 Å². The number of nitrogens with zero attached hydrogens (tertiary/aromatic N) is 1. The maximum absolute atomic E-state index is 12.4. The summed E-state index contributed by atoms with van der Waals surface area (Å²) in [6.45, 7) is 0.430. The standard InChI is InChI=1S/C13H13BrClNO2S2/c1-16(8-7-10-5-3-2-4-6-10)20(17,18)12-9-11(15)13(14)19-12/h2-6,9H,7-8H2,1H3. The number of hydrogen-bond donors (Lipinski definition) is 0. The fourth-order valence-corrected chi connectivity index (χ4v) is 5.44. The van der Waals surface area contributed by atoms with E-state index in [-0.39, 0.29) is 4.21 Å². The van der Waals surface area contributed by atoms with Gasteiger partial charge in [-0.3, -0.25) is 0 Å². The Bertz CT molecular complexity index is 666. The second-order valence-corrected chi connectivity index (χ2v) is 9.30. The Morgan fingerprint density at radius 1 is 1.30 bits per heavy atom. The predicted molar refractivity (Wildman–Crippen MR) is 87.0 cm³/mol. The summed E-state index contributed by atoms with van der Waals surface area (Å²) < 4.78 is 27.0. The van der Waals surface area contributed by atoms with Crippen LogP contribution in [0.25, 0.3) is 0 Å². The zero-order chi connectivity index (χ0) is 14.8. The smallest absolute Gasteiger partial charge is 0.206 e. The summed E-state index contributed by atoms with van der Waals surface area (Å²) in [4.78, 5) is 0. The fraction of sp³-hybridized carbons (Fsp3) is 0.231. The molecule has 1 aromatic carbocycles. The van der Waals surface area contributed by atoms with Crippen LogP contribution in [0.1, 0.15) is 5.56 Å². The quantitative estimate of drug-likeness (QED) is 0.768. The highest BCUT2D eigenvalue weighted by Gasteiger charge is 2.23. The summed E-state index contributed by atoms with van der Waals surface area (Å²) in [7, 11) is -1.89. The van der Waals surface area contributed by atoms with Crippen LogP contribution in [0.2, 0.25) is 5.02 Å². The molecule has 0 amide bonds. The summed E-state index contributed by atoms with van der Waals surface area (Å²) in [6.07, 6.45) is 0.677. The van der Waals surface area contributed by atoms with E-state index in [1.807, 2.05) is 30.3 Å². The molecule has 0 aliphatic rings. The van der Waals surface area contributed by atoms with Gasteiger partial charge in [0.1, 0.15) is 4.21 Å². The van der Waals surface area contributed by atoms with Crippen LogP contribution in [0, 0.1) is 0 Å². The van der Waals surface area contributed by atoms with Crippen LogP contribution >= 0.6 is 38.9 Å². The van der Waals surface area contributed by atoms with Crippen LogP contribution in [0.5, 0.6) is 0 Å². The second-order valence-electron chi connectivity index (χ2n) is 4.25. The summed E-state index contributed by atoms with van der Waals surface area (Å²) in [5, 5.41) is 0.421. The molecule has 0 radical (unpaired) electrons. The number of thiophene rings is 1. The topological polar surface area (TPSA) is 37.4 Å². The first kappa shape index (κ1) is 16.0. The Hall–Kier alpha value is -0.400. The largest absolute Gasteiger partial charge is 0.252 e. The minimum Gasteiger partial charge on any atom is -0.206 e. The molecule has 1 aromatic heterocycles. The van der Waals surface area contributed by atoms with Gasteiger partial charge in [-0.05, 0) is 34.0 Å². The predicted octanol–water partition coefficient (Wildman–Crippen LogP) is 4.03. The van der Waals surface area contributed by atoms with E-state index < -0.39 is 10.0 Å². The minimum atomic E-state index is -3.47. The molecule has 0 fully saturated rings. The number of benzene rings is 1. The molecule has 20 heavy (non-hydrogen) atoms. The van der Waals surface area contributed by atoms with Crippen molar-refractivity contribution in [1.82, 2.24) is 4.31 Å². The summed E-state index contributed by atoms with van der Waals surface area (Å²) in [6, 6.07) is 11.3. The maximum Gasteiger partial charge on any atom is 0.252 e. The molecule has 0 aliphatic carbocycles. The van der Waals surface area contributed by atoms with Crippen LogP contribution in [0.15, 0.2) is 44.4 Å². The van der Waals surface area contributed by atoms with Crippen molar-refractivity contribution in [3.8, 4) is 0 Å². The molecule has 0 N–H and O–H groups in total. The average Bonchev–Trinajstić information content (AvgIpc) is 2.78. The maximum atomic E-state index is 12.4. The zero-order valence-electron chi connectivity index (χ0n) is 10.7. The van der Waals surface area contributed by atoms with Gasteiger partial charge in [-0.15, -0.1) is 11.3 Å². The molecule has 108 valence electrons. The van der Waals surface area contributed by atoms with Crippen molar-refractivity contribution in [3.63, 3.8) is 0 Å². The Kier molecular flexibility index (Phi) is 5.25. The molecule has 0 atom stereocenters. The van der Waals surface area contributed by atoms with Crippen LogP contribution in [-0.2, 0) is 16.4 Å². The Morgan fingerprint density at radius 2 is 1.95 bits per heavy atom. The third-order valence-electron chi connectivity index (χ3n) is 2.85. The lowest BCUT2D eigenvalue weighted by molar-refractivity contribution is 0.474. The lowest BCUT2D eigenvalue weighted by Gasteiger charge is -2.15. The first-order chi connectivity index (χ1) is 9.41. The van der Waals surface area contributed by atoms with Crippen molar-refractivity contribution in [2.24, 2.45) is 0 Å². The van der Waals surface area contributed by atoms with Gasteiger partial charge in [0.25, 0.3) is 10.0 Å². The van der Waals surface area contributed by atoms with E-state index in [1.165, 1.54) is 10.4 Å². The monoisotopic (exact) mass is 393 g/mol. The molecule has 7 heteroatoms. The molecule has 0 bridgehead atoms. The van der Waals surface area contributed by atoms with Crippen molar-refractivity contribution in [3.05, 3.63) is 50.8 Å². The second kappa shape index (κ2) is 6.58. The summed E-state index contributed by atoms with van der Waals surface area (Å²) in [5.74, 6) is 0. The number of rotatable bonds is 5. The van der Waals surface area contributed by atoms with Gasteiger partial charge in [-0.1, -0.05) is 41.9 Å². The fourth-order valence-electron chi connectivity index (χ4n) is 1.66. The molecule has 0 aliphatic heterocycles. The molecule has 2 rings (SSSR count). The van der Waals surface area contributed by atoms with Gasteiger partial charge in [-0.2, -0.15) is 4.31 Å². The highest BCUT2D eigenvalue weighted by atomic mass is 79.9. The summed E-state index contributed by atoms with van der Waals surface area (Å²) in [5.41, 5.74) is 1.11. The van der Waals surface area contributed by atoms with E-state index >= 15 is 0 Å². The highest BCUT2D eigenvalue weighted by Crippen LogP contribution is 2.35. The SMILES string of the molecule is CN(CCc1ccccc1)S(=O)(=O)c1cc(Cl)c(Br)s1. The molecular formula is C13H13BrClNO2S2. The summed E-state index contributed by atoms with van der Waals surface area (Å²) >= 11 is 10.3. The molecule has 2 aromatic rings. The highest BCUT2D eigenvalue weighted by molar-refractivity contribution is 9.11. The first-order valence-corrected chi connectivity index (χ1v) is 9.29. The van der Waals surface area contributed by atoms with E-state index in [0.717, 1.165) is 16.9 Å². The third kappa shape index (κ3) is 3.62. The molecule has 0 saturated heterocycles. The Morgan fingerprint density at radius 3 is 2.50 bits per heavy atom. The van der Waals surface area contributed by atoms with Crippen molar-refractivity contribution in [2.45, 2.75) is 10.6 Å². The molecule has 0 unspecified atom stereocenters. The van der Waals surface area contributed by atoms with Gasteiger partial charge in [0.2, 0.25) is 0 Å². The van der Waals surface area contributed by atoms with E-state index in [2.05, 4.69) is 15.9 Å². The molecule has 3 nitrogen and oxygen atoms in total. The zero-order valence-corrected chi connectivity index (χ0v) is 14.7. The number of likely N-dealkylation sites (N-methyl/N-ethyl adjacent to an activating group) is 1. The van der Waals surface area contributed by atoms with Gasteiger partial charge in [0.05, 0.1) is 8.81 Å². The molecule has 1 heterocycles. The van der Waals surface area contributed by atoms with E-state index in [4.69, 9.17) is 11.6 Å². The van der Waals surface area contributed by atoms with E-state index in [1.54, 1.807) is 7.05 Å². The molecule has 0 saturated carbocycles. The average molecular weight is 395 g/mol. The molecule has 0 spiro atoms. The van der Waals surface area contributed by atoms with Crippen molar-refractivity contribution in [1.29, 1.82) is 0 Å². The lowest BCUT2D eigenvalue weighted by Crippen LogP contribution is -2.28. The normalized spacial score (nSPS) is 12.0. The lowest BCUT2D eigenvalue weighted by atomic mass is 10.2. The van der Waals surface area contributed by atoms with Crippen LogP contribution < -0.4 is 0 Å². The van der Waals surface area contributed by atoms with E-state index in [0.29, 0.717) is 21.8 Å². The number of hydrogen-bond acceptors (Lipinski definition) is 3. The van der Waals surface area contributed by atoms with Crippen molar-refractivity contribution >= 4 is 48.9 Å². The van der Waals surface area contributed by atoms with Crippen LogP contribution in [0.4, 0.5) is 0 Å². The van der Waals surface area contributed by atoms with E-state index in [9.17, 15) is 8.42 Å². The van der Waals surface area contributed by atoms with Gasteiger partial charge in [0.15, 0.2) is 0 Å². The Labute approximate surface area is 136 Å². The number of sulfonamides is 1.